The molecule has 0 bridgehead atoms. The second-order valence-electron chi connectivity index (χ2n) is 1.30. The highest BCUT2D eigenvalue weighted by atomic mass is 15.2. The molecule has 2 rings (SSSR count). The van der Waals surface area contributed by atoms with E-state index in [2.05, 4.69) is 30.4 Å². The molecule has 10 heavy (non-hydrogen) atoms. The van der Waals surface area contributed by atoms with Crippen molar-refractivity contribution >= 4 is 0 Å². The number of aromatic nitrogens is 6. The summed E-state index contributed by atoms with van der Waals surface area (Å²) in [5.41, 5.74) is 0. The highest BCUT2D eigenvalue weighted by Crippen LogP contribution is 1.53. The first-order valence-corrected chi connectivity index (χ1v) is 2.57. The van der Waals surface area contributed by atoms with Crippen molar-refractivity contribution in [1.29, 1.82) is 0 Å². The lowest BCUT2D eigenvalue weighted by Gasteiger charge is -1.46. The van der Waals surface area contributed by atoms with Crippen molar-refractivity contribution in [3.63, 3.8) is 0 Å². The maximum atomic E-state index is 3.56. The molecule has 2 heterocycles. The third-order valence-corrected chi connectivity index (χ3v) is 0.662. The number of nitrogens with one attached hydrogen (secondary N) is 2. The van der Waals surface area contributed by atoms with Gasteiger partial charge in [-0.15, -0.1) is 0 Å². The molecule has 0 aromatic carbocycles. The van der Waals surface area contributed by atoms with Gasteiger partial charge in [0.2, 0.25) is 0 Å². The van der Waals surface area contributed by atoms with Gasteiger partial charge in [-0.3, -0.25) is 10.2 Å². The van der Waals surface area contributed by atoms with E-state index in [9.17, 15) is 0 Å². The standard InChI is InChI=1S/2C2H3N3/c2*1-3-2-5-4-1/h2*1-2H,(H,3,4,5). The van der Waals surface area contributed by atoms with Crippen LogP contribution in [0.2, 0.25) is 0 Å². The molecule has 6 nitrogen and oxygen atoms in total. The summed E-state index contributed by atoms with van der Waals surface area (Å²) in [6.45, 7) is 0. The Bertz CT molecular complexity index is 149. The van der Waals surface area contributed by atoms with Crippen molar-refractivity contribution in [1.82, 2.24) is 30.4 Å². The van der Waals surface area contributed by atoms with E-state index in [-0.39, 0.29) is 0 Å². The minimum absolute atomic E-state index is 1.44. The highest BCUT2D eigenvalue weighted by Gasteiger charge is 1.57. The third kappa shape index (κ3) is 2.55. The molecule has 0 radical (unpaired) electrons. The highest BCUT2D eigenvalue weighted by molar-refractivity contribution is 4.43. The molecule has 6 heteroatoms. The summed E-state index contributed by atoms with van der Waals surface area (Å²) in [5.74, 6) is 0. The molecule has 0 aliphatic heterocycles. The van der Waals surface area contributed by atoms with Gasteiger partial charge in [-0.25, -0.2) is 9.97 Å². The Morgan fingerprint density at radius 1 is 0.800 bits per heavy atom. The third-order valence-electron chi connectivity index (χ3n) is 0.662. The van der Waals surface area contributed by atoms with Crippen LogP contribution < -0.4 is 0 Å². The van der Waals surface area contributed by atoms with Gasteiger partial charge in [0, 0.05) is 0 Å². The zero-order chi connectivity index (χ0) is 7.07. The van der Waals surface area contributed by atoms with Crippen LogP contribution in [0.15, 0.2) is 25.3 Å². The lowest BCUT2D eigenvalue weighted by atomic mass is 11.3. The number of aromatic amines is 2. The topological polar surface area (TPSA) is 83.1 Å². The maximum Gasteiger partial charge on any atom is 0.137 e. The van der Waals surface area contributed by atoms with Gasteiger partial charge in [-0.1, -0.05) is 0 Å². The first-order valence-electron chi connectivity index (χ1n) is 2.57. The second kappa shape index (κ2) is 4.19. The van der Waals surface area contributed by atoms with Crippen molar-refractivity contribution in [2.75, 3.05) is 0 Å². The first-order chi connectivity index (χ1) is 5.00. The van der Waals surface area contributed by atoms with E-state index < -0.39 is 0 Å². The van der Waals surface area contributed by atoms with Crippen molar-refractivity contribution < 1.29 is 0 Å². The molecule has 2 aromatic rings. The van der Waals surface area contributed by atoms with Gasteiger partial charge in [0.15, 0.2) is 0 Å². The summed E-state index contributed by atoms with van der Waals surface area (Å²) in [7, 11) is 0. The molecule has 0 unspecified atom stereocenters. The molecule has 0 aliphatic rings. The van der Waals surface area contributed by atoms with Crippen LogP contribution in [-0.2, 0) is 0 Å². The second-order valence-corrected chi connectivity index (χ2v) is 1.30. The van der Waals surface area contributed by atoms with E-state index in [4.69, 9.17) is 0 Å². The number of hydrogen-bond acceptors (Lipinski definition) is 4. The zero-order valence-electron chi connectivity index (χ0n) is 5.10. The van der Waals surface area contributed by atoms with Crippen molar-refractivity contribution in [2.24, 2.45) is 0 Å². The Balaban J connectivity index is 0.0000001000. The van der Waals surface area contributed by atoms with Crippen LogP contribution in [-0.4, -0.2) is 30.4 Å². The van der Waals surface area contributed by atoms with Gasteiger partial charge in [0.25, 0.3) is 0 Å². The summed E-state index contributed by atoms with van der Waals surface area (Å²) in [6, 6.07) is 0. The quantitative estimate of drug-likeness (QED) is 0.519. The van der Waals surface area contributed by atoms with E-state index in [1.807, 2.05) is 0 Å². The van der Waals surface area contributed by atoms with Gasteiger partial charge in [0.1, 0.15) is 25.3 Å². The lowest BCUT2D eigenvalue weighted by Crippen LogP contribution is -1.53. The van der Waals surface area contributed by atoms with E-state index in [0.717, 1.165) is 0 Å². The normalized spacial score (nSPS) is 8.00. The van der Waals surface area contributed by atoms with Gasteiger partial charge >= 0.3 is 0 Å². The number of H-pyrrole nitrogens is 2. The van der Waals surface area contributed by atoms with Crippen molar-refractivity contribution in [2.45, 2.75) is 0 Å². The average molecular weight is 138 g/mol. The number of rotatable bonds is 0. The smallest absolute Gasteiger partial charge is 0.137 e. The van der Waals surface area contributed by atoms with Gasteiger partial charge in [0.05, 0.1) is 0 Å². The predicted molar refractivity (Wildman–Crippen MR) is 32.8 cm³/mol. The molecule has 0 spiro atoms. The predicted octanol–water partition coefficient (Wildman–Crippen LogP) is -0.391. The van der Waals surface area contributed by atoms with E-state index in [0.29, 0.717) is 0 Å². The van der Waals surface area contributed by atoms with Crippen LogP contribution in [0, 0.1) is 0 Å². The molecule has 0 atom stereocenters. The van der Waals surface area contributed by atoms with E-state index in [1.54, 1.807) is 0 Å². The summed E-state index contributed by atoms with van der Waals surface area (Å²) >= 11 is 0. The molecule has 0 fully saturated rings. The summed E-state index contributed by atoms with van der Waals surface area (Å²) in [4.78, 5) is 7.11. The Hall–Kier alpha value is -1.72. The molecule has 0 saturated heterocycles. The molecule has 0 saturated carbocycles. The van der Waals surface area contributed by atoms with Gasteiger partial charge in [-0.2, -0.15) is 10.2 Å². The summed E-state index contributed by atoms with van der Waals surface area (Å²) in [6.07, 6.45) is 5.92. The maximum absolute atomic E-state index is 3.56. The zero-order valence-corrected chi connectivity index (χ0v) is 5.10. The van der Waals surface area contributed by atoms with E-state index in [1.165, 1.54) is 25.3 Å². The largest absolute Gasteiger partial charge is 0.266 e. The molecular formula is C4H6N6. The monoisotopic (exact) mass is 138 g/mol. The average Bonchev–Trinajstić information content (AvgIpc) is 2.67. The first kappa shape index (κ1) is 6.40. The molecule has 0 amide bonds. The van der Waals surface area contributed by atoms with Crippen LogP contribution in [0.3, 0.4) is 0 Å². The van der Waals surface area contributed by atoms with Crippen LogP contribution in [0.1, 0.15) is 0 Å². The lowest BCUT2D eigenvalue weighted by molar-refractivity contribution is 1.09. The molecule has 2 N–H and O–H groups in total. The van der Waals surface area contributed by atoms with Crippen LogP contribution >= 0.6 is 0 Å². The van der Waals surface area contributed by atoms with Crippen LogP contribution in [0.4, 0.5) is 0 Å². The fraction of sp³-hybridized carbons (Fsp3) is 0. The summed E-state index contributed by atoms with van der Waals surface area (Å²) < 4.78 is 0. The fourth-order valence-electron chi connectivity index (χ4n) is 0.333. The number of nitrogens with zero attached hydrogens (tertiary/aromatic N) is 4. The SMILES string of the molecule is c1nc[nH]n1.c1nc[nH]n1. The molecule has 0 aliphatic carbocycles. The number of hydrogen-bond donors (Lipinski definition) is 2. The Morgan fingerprint density at radius 3 is 1.40 bits per heavy atom. The van der Waals surface area contributed by atoms with Crippen LogP contribution in [0.25, 0.3) is 0 Å². The molecule has 52 valence electrons. The minimum Gasteiger partial charge on any atom is -0.266 e. The minimum atomic E-state index is 1.44. The fourth-order valence-corrected chi connectivity index (χ4v) is 0.333. The Morgan fingerprint density at radius 2 is 1.30 bits per heavy atom. The summed E-state index contributed by atoms with van der Waals surface area (Å²) in [5, 5.41) is 12.0. The molecule has 2 aromatic heterocycles. The van der Waals surface area contributed by atoms with Crippen LogP contribution in [0.5, 0.6) is 0 Å². The van der Waals surface area contributed by atoms with Gasteiger partial charge < -0.3 is 0 Å². The van der Waals surface area contributed by atoms with Crippen molar-refractivity contribution in [3.8, 4) is 0 Å². The van der Waals surface area contributed by atoms with Crippen molar-refractivity contribution in [3.05, 3.63) is 25.3 Å². The Kier molecular flexibility index (Phi) is 2.68. The molecular weight excluding hydrogens is 132 g/mol. The Labute approximate surface area is 56.7 Å². The van der Waals surface area contributed by atoms with E-state index >= 15 is 0 Å². The van der Waals surface area contributed by atoms with Gasteiger partial charge in [-0.05, 0) is 0 Å².